The number of ether oxygens (including phenoxy) is 1. The molecule has 0 radical (unpaired) electrons. The van der Waals surface area contributed by atoms with Gasteiger partial charge in [-0.25, -0.2) is 9.82 Å². The van der Waals surface area contributed by atoms with Crippen LogP contribution in [0.25, 0.3) is 0 Å². The number of amides is 1. The largest absolute Gasteiger partial charge is 0.503 e. The van der Waals surface area contributed by atoms with Gasteiger partial charge in [-0.2, -0.15) is 5.10 Å². The first-order valence-electron chi connectivity index (χ1n) is 6.75. The fourth-order valence-electron chi connectivity index (χ4n) is 1.79. The fraction of sp³-hybridized carbons (Fsp3) is 0.125. The smallest absolute Gasteiger partial charge is 0.271 e. The standard InChI is InChI=1S/C16H14ClFN2O3/c1-2-23-14-7-10(6-13(17)15(14)21)9-19-20-16(22)11-4-3-5-12(18)8-11/h3-9,21H,2H2,1H3,(H,20,22)/b19-9+. The van der Waals surface area contributed by atoms with Crippen molar-refractivity contribution in [2.75, 3.05) is 6.61 Å². The Labute approximate surface area is 137 Å². The van der Waals surface area contributed by atoms with E-state index >= 15 is 0 Å². The molecule has 0 fully saturated rings. The molecule has 5 nitrogen and oxygen atoms in total. The lowest BCUT2D eigenvalue weighted by molar-refractivity contribution is 0.0954. The number of phenolic OH excluding ortho intramolecular Hbond substituents is 1. The van der Waals surface area contributed by atoms with Crippen molar-refractivity contribution in [2.24, 2.45) is 5.10 Å². The molecular weight excluding hydrogens is 323 g/mol. The number of nitrogens with one attached hydrogen (secondary N) is 1. The number of hydrogen-bond acceptors (Lipinski definition) is 4. The molecule has 2 aromatic rings. The van der Waals surface area contributed by atoms with Crippen LogP contribution in [0, 0.1) is 5.82 Å². The Hall–Kier alpha value is -2.60. The number of benzene rings is 2. The Bertz CT molecular complexity index is 750. The third-order valence-electron chi connectivity index (χ3n) is 2.82. The van der Waals surface area contributed by atoms with Gasteiger partial charge in [0.1, 0.15) is 5.82 Å². The van der Waals surface area contributed by atoms with Gasteiger partial charge in [0, 0.05) is 5.56 Å². The van der Waals surface area contributed by atoms with Crippen LogP contribution in [0.15, 0.2) is 41.5 Å². The number of hydrazone groups is 1. The van der Waals surface area contributed by atoms with E-state index in [9.17, 15) is 14.3 Å². The summed E-state index contributed by atoms with van der Waals surface area (Å²) in [6.45, 7) is 2.13. The molecule has 0 heterocycles. The first-order valence-corrected chi connectivity index (χ1v) is 7.13. The zero-order valence-corrected chi connectivity index (χ0v) is 13.0. The lowest BCUT2D eigenvalue weighted by atomic mass is 10.2. The molecule has 2 aromatic carbocycles. The van der Waals surface area contributed by atoms with Gasteiger partial charge in [-0.05, 0) is 42.8 Å². The molecule has 0 atom stereocenters. The lowest BCUT2D eigenvalue weighted by Gasteiger charge is -2.08. The number of nitrogens with zero attached hydrogens (tertiary/aromatic N) is 1. The summed E-state index contributed by atoms with van der Waals surface area (Å²) in [6.07, 6.45) is 1.34. The minimum absolute atomic E-state index is 0.105. The van der Waals surface area contributed by atoms with Gasteiger partial charge in [-0.15, -0.1) is 0 Å². The highest BCUT2D eigenvalue weighted by molar-refractivity contribution is 6.32. The van der Waals surface area contributed by atoms with Crippen molar-refractivity contribution in [1.82, 2.24) is 5.43 Å². The van der Waals surface area contributed by atoms with Crippen LogP contribution in [0.1, 0.15) is 22.8 Å². The Morgan fingerprint density at radius 3 is 2.91 bits per heavy atom. The highest BCUT2D eigenvalue weighted by Crippen LogP contribution is 2.34. The minimum Gasteiger partial charge on any atom is -0.503 e. The summed E-state index contributed by atoms with van der Waals surface area (Å²) in [5.41, 5.74) is 2.96. The zero-order chi connectivity index (χ0) is 16.8. The van der Waals surface area contributed by atoms with Crippen molar-refractivity contribution in [2.45, 2.75) is 6.92 Å². The molecule has 0 saturated heterocycles. The van der Waals surface area contributed by atoms with Gasteiger partial charge in [0.25, 0.3) is 5.91 Å². The summed E-state index contributed by atoms with van der Waals surface area (Å²) in [7, 11) is 0. The molecule has 0 aliphatic carbocycles. The van der Waals surface area contributed by atoms with Gasteiger partial charge in [0.05, 0.1) is 17.8 Å². The fourth-order valence-corrected chi connectivity index (χ4v) is 2.01. The molecule has 7 heteroatoms. The second-order valence-corrected chi connectivity index (χ2v) is 4.90. The highest BCUT2D eigenvalue weighted by atomic mass is 35.5. The van der Waals surface area contributed by atoms with E-state index in [1.807, 2.05) is 0 Å². The second kappa shape index (κ2) is 7.60. The van der Waals surface area contributed by atoms with E-state index in [0.29, 0.717) is 12.2 Å². The number of halogens is 2. The van der Waals surface area contributed by atoms with E-state index in [4.69, 9.17) is 16.3 Å². The molecule has 0 bridgehead atoms. The van der Waals surface area contributed by atoms with Crippen molar-refractivity contribution >= 4 is 23.7 Å². The monoisotopic (exact) mass is 336 g/mol. The topological polar surface area (TPSA) is 70.9 Å². The summed E-state index contributed by atoms with van der Waals surface area (Å²) in [5.74, 6) is -0.990. The molecule has 2 N–H and O–H groups in total. The number of carbonyl (C=O) groups is 1. The first kappa shape index (κ1) is 16.8. The van der Waals surface area contributed by atoms with Gasteiger partial charge in [0.2, 0.25) is 0 Å². The van der Waals surface area contributed by atoms with Gasteiger partial charge in [-0.3, -0.25) is 4.79 Å². The molecule has 0 aliphatic heterocycles. The Balaban J connectivity index is 2.10. The molecule has 120 valence electrons. The Morgan fingerprint density at radius 2 is 2.22 bits per heavy atom. The maximum absolute atomic E-state index is 13.0. The lowest BCUT2D eigenvalue weighted by Crippen LogP contribution is -2.17. The van der Waals surface area contributed by atoms with Crippen molar-refractivity contribution in [3.8, 4) is 11.5 Å². The predicted molar refractivity (Wildman–Crippen MR) is 85.7 cm³/mol. The summed E-state index contributed by atoms with van der Waals surface area (Å²) in [4.78, 5) is 11.8. The van der Waals surface area contributed by atoms with Crippen LogP contribution in [0.4, 0.5) is 4.39 Å². The van der Waals surface area contributed by atoms with Gasteiger partial charge in [-0.1, -0.05) is 17.7 Å². The van der Waals surface area contributed by atoms with Crippen LogP contribution in [0.5, 0.6) is 11.5 Å². The molecule has 1 amide bonds. The third kappa shape index (κ3) is 4.43. The van der Waals surface area contributed by atoms with E-state index in [1.165, 1.54) is 36.5 Å². The maximum atomic E-state index is 13.0. The minimum atomic E-state index is -0.546. The number of hydrogen-bond donors (Lipinski definition) is 2. The van der Waals surface area contributed by atoms with E-state index in [1.54, 1.807) is 6.92 Å². The van der Waals surface area contributed by atoms with E-state index in [-0.39, 0.29) is 22.1 Å². The number of carbonyl (C=O) groups excluding carboxylic acids is 1. The predicted octanol–water partition coefficient (Wildman–Crippen LogP) is 3.35. The molecule has 0 unspecified atom stereocenters. The van der Waals surface area contributed by atoms with Crippen LogP contribution < -0.4 is 10.2 Å². The summed E-state index contributed by atoms with van der Waals surface area (Å²) < 4.78 is 18.3. The summed E-state index contributed by atoms with van der Waals surface area (Å²) >= 11 is 5.89. The van der Waals surface area contributed by atoms with E-state index in [2.05, 4.69) is 10.5 Å². The molecule has 0 saturated carbocycles. The summed E-state index contributed by atoms with van der Waals surface area (Å²) in [6, 6.07) is 8.25. The van der Waals surface area contributed by atoms with Crippen molar-refractivity contribution in [3.05, 3.63) is 58.4 Å². The number of phenols is 1. The molecule has 2 rings (SSSR count). The Morgan fingerprint density at radius 1 is 1.43 bits per heavy atom. The Kier molecular flexibility index (Phi) is 5.54. The van der Waals surface area contributed by atoms with Crippen molar-refractivity contribution < 1.29 is 19.0 Å². The van der Waals surface area contributed by atoms with Crippen LogP contribution in [0.2, 0.25) is 5.02 Å². The number of rotatable bonds is 5. The van der Waals surface area contributed by atoms with Crippen LogP contribution in [-0.4, -0.2) is 23.8 Å². The quantitative estimate of drug-likeness (QED) is 0.649. The molecular formula is C16H14ClFN2O3. The second-order valence-electron chi connectivity index (χ2n) is 4.49. The van der Waals surface area contributed by atoms with Crippen LogP contribution in [0.3, 0.4) is 0 Å². The first-order chi connectivity index (χ1) is 11.0. The van der Waals surface area contributed by atoms with Crippen molar-refractivity contribution in [3.63, 3.8) is 0 Å². The molecule has 23 heavy (non-hydrogen) atoms. The van der Waals surface area contributed by atoms with E-state index in [0.717, 1.165) is 6.07 Å². The highest BCUT2D eigenvalue weighted by Gasteiger charge is 2.09. The third-order valence-corrected chi connectivity index (χ3v) is 3.11. The van der Waals surface area contributed by atoms with Gasteiger partial charge >= 0.3 is 0 Å². The van der Waals surface area contributed by atoms with Crippen molar-refractivity contribution in [1.29, 1.82) is 0 Å². The van der Waals surface area contributed by atoms with Crippen LogP contribution in [-0.2, 0) is 0 Å². The maximum Gasteiger partial charge on any atom is 0.271 e. The average molecular weight is 337 g/mol. The number of aromatic hydroxyl groups is 1. The van der Waals surface area contributed by atoms with Gasteiger partial charge in [0.15, 0.2) is 11.5 Å². The van der Waals surface area contributed by atoms with Gasteiger partial charge < -0.3 is 9.84 Å². The van der Waals surface area contributed by atoms with Crippen LogP contribution >= 0.6 is 11.6 Å². The molecule has 0 spiro atoms. The average Bonchev–Trinajstić information content (AvgIpc) is 2.52. The molecule has 0 aliphatic rings. The SMILES string of the molecule is CCOc1cc(/C=N/NC(=O)c2cccc(F)c2)cc(Cl)c1O. The van der Waals surface area contributed by atoms with E-state index < -0.39 is 11.7 Å². The molecule has 0 aromatic heterocycles. The zero-order valence-electron chi connectivity index (χ0n) is 12.2. The summed E-state index contributed by atoms with van der Waals surface area (Å²) in [5, 5.41) is 13.6. The normalized spacial score (nSPS) is 10.7.